The van der Waals surface area contributed by atoms with Gasteiger partial charge in [0.15, 0.2) is 0 Å². The van der Waals surface area contributed by atoms with Gasteiger partial charge in [0.2, 0.25) is 0 Å². The summed E-state index contributed by atoms with van der Waals surface area (Å²) >= 11 is 0. The fourth-order valence-corrected chi connectivity index (χ4v) is 4.24. The number of rotatable bonds is 8. The highest BCUT2D eigenvalue weighted by atomic mass is 16.5. The maximum absolute atomic E-state index is 13.0. The molecule has 1 saturated heterocycles. The van der Waals surface area contributed by atoms with Crippen molar-refractivity contribution in [2.75, 3.05) is 41.8 Å². The van der Waals surface area contributed by atoms with Crippen LogP contribution in [0.2, 0.25) is 0 Å². The van der Waals surface area contributed by atoms with E-state index in [-0.39, 0.29) is 5.91 Å². The Labute approximate surface area is 217 Å². The van der Waals surface area contributed by atoms with Gasteiger partial charge in [0.05, 0.1) is 13.2 Å². The highest BCUT2D eigenvalue weighted by Crippen LogP contribution is 2.27. The summed E-state index contributed by atoms with van der Waals surface area (Å²) in [5, 5.41) is 6.52. The van der Waals surface area contributed by atoms with Crippen molar-refractivity contribution >= 4 is 28.7 Å². The second-order valence-corrected chi connectivity index (χ2v) is 9.06. The molecule has 37 heavy (non-hydrogen) atoms. The number of hydrogen-bond acceptors (Lipinski definition) is 5. The standard InChI is InChI=1S/C31H31N3O3/c1-23-10-13-27(32-26-8-5-9-28(20-26)34-16-18-36-19-17-34)21-30(23)33-31(35)25-11-14-29(15-12-25)37-22-24-6-3-2-4-7-24/h2-15,20-21,32H,16-19,22H2,1H3,(H,33,35). The van der Waals surface area contributed by atoms with Crippen molar-refractivity contribution in [2.24, 2.45) is 0 Å². The number of carbonyl (C=O) groups is 1. The Balaban J connectivity index is 1.22. The van der Waals surface area contributed by atoms with E-state index in [4.69, 9.17) is 9.47 Å². The van der Waals surface area contributed by atoms with Crippen molar-refractivity contribution in [1.82, 2.24) is 0 Å². The maximum atomic E-state index is 13.0. The fraction of sp³-hybridized carbons (Fsp3) is 0.194. The zero-order valence-corrected chi connectivity index (χ0v) is 20.9. The van der Waals surface area contributed by atoms with Crippen molar-refractivity contribution < 1.29 is 14.3 Å². The SMILES string of the molecule is Cc1ccc(Nc2cccc(N3CCOCC3)c2)cc1NC(=O)c1ccc(OCc2ccccc2)cc1. The molecule has 1 aliphatic rings. The van der Waals surface area contributed by atoms with Crippen molar-refractivity contribution in [3.8, 4) is 5.75 Å². The molecule has 5 rings (SSSR count). The average Bonchev–Trinajstić information content (AvgIpc) is 2.95. The van der Waals surface area contributed by atoms with E-state index in [0.29, 0.717) is 12.2 Å². The van der Waals surface area contributed by atoms with Crippen LogP contribution >= 0.6 is 0 Å². The van der Waals surface area contributed by atoms with Gasteiger partial charge in [0.25, 0.3) is 5.91 Å². The molecule has 6 heteroatoms. The molecule has 0 atom stereocenters. The van der Waals surface area contributed by atoms with E-state index in [1.807, 2.05) is 73.7 Å². The first kappa shape index (κ1) is 24.4. The number of anilines is 4. The Kier molecular flexibility index (Phi) is 7.67. The smallest absolute Gasteiger partial charge is 0.255 e. The summed E-state index contributed by atoms with van der Waals surface area (Å²) in [6.45, 7) is 5.76. The lowest BCUT2D eigenvalue weighted by Crippen LogP contribution is -2.36. The minimum absolute atomic E-state index is 0.163. The number of benzene rings is 4. The molecule has 0 radical (unpaired) electrons. The minimum atomic E-state index is -0.163. The van der Waals surface area contributed by atoms with Crippen LogP contribution in [0.25, 0.3) is 0 Å². The Morgan fingerprint density at radius 3 is 2.41 bits per heavy atom. The van der Waals surface area contributed by atoms with Gasteiger partial charge in [-0.15, -0.1) is 0 Å². The zero-order valence-electron chi connectivity index (χ0n) is 20.9. The van der Waals surface area contributed by atoms with Crippen LogP contribution < -0.4 is 20.3 Å². The van der Waals surface area contributed by atoms with Crippen LogP contribution in [0.1, 0.15) is 21.5 Å². The van der Waals surface area contributed by atoms with E-state index in [9.17, 15) is 4.79 Å². The Hall–Kier alpha value is -4.29. The Morgan fingerprint density at radius 2 is 1.62 bits per heavy atom. The molecule has 2 N–H and O–H groups in total. The minimum Gasteiger partial charge on any atom is -0.489 e. The van der Waals surface area contributed by atoms with Crippen LogP contribution in [-0.4, -0.2) is 32.2 Å². The van der Waals surface area contributed by atoms with Gasteiger partial charge in [-0.3, -0.25) is 4.79 Å². The predicted molar refractivity (Wildman–Crippen MR) is 149 cm³/mol. The van der Waals surface area contributed by atoms with Gasteiger partial charge in [-0.05, 0) is 72.6 Å². The quantitative estimate of drug-likeness (QED) is 0.297. The summed E-state index contributed by atoms with van der Waals surface area (Å²) in [6, 6.07) is 31.6. The third kappa shape index (κ3) is 6.48. The lowest BCUT2D eigenvalue weighted by molar-refractivity contribution is 0.102. The number of aryl methyl sites for hydroxylation is 1. The van der Waals surface area contributed by atoms with Crippen LogP contribution in [0.3, 0.4) is 0 Å². The average molecular weight is 494 g/mol. The number of nitrogens with zero attached hydrogens (tertiary/aromatic N) is 1. The van der Waals surface area contributed by atoms with Crippen LogP contribution in [-0.2, 0) is 11.3 Å². The van der Waals surface area contributed by atoms with Gasteiger partial charge in [-0.25, -0.2) is 0 Å². The summed E-state index contributed by atoms with van der Waals surface area (Å²) in [5.41, 5.74) is 6.50. The van der Waals surface area contributed by atoms with Crippen molar-refractivity contribution in [1.29, 1.82) is 0 Å². The molecular weight excluding hydrogens is 462 g/mol. The molecule has 1 amide bonds. The molecule has 1 aliphatic heterocycles. The summed E-state index contributed by atoms with van der Waals surface area (Å²) in [5.74, 6) is 0.561. The summed E-state index contributed by atoms with van der Waals surface area (Å²) < 4.78 is 11.3. The second kappa shape index (κ2) is 11.6. The van der Waals surface area contributed by atoms with Crippen LogP contribution in [0.5, 0.6) is 5.75 Å². The van der Waals surface area contributed by atoms with Gasteiger partial charge >= 0.3 is 0 Å². The monoisotopic (exact) mass is 493 g/mol. The van der Waals surface area contributed by atoms with Gasteiger partial charge in [0, 0.05) is 41.4 Å². The van der Waals surface area contributed by atoms with E-state index < -0.39 is 0 Å². The van der Waals surface area contributed by atoms with Gasteiger partial charge < -0.3 is 25.0 Å². The van der Waals surface area contributed by atoms with Crippen LogP contribution in [0.4, 0.5) is 22.7 Å². The summed E-state index contributed by atoms with van der Waals surface area (Å²) in [7, 11) is 0. The normalized spacial score (nSPS) is 13.2. The number of amides is 1. The fourth-order valence-electron chi connectivity index (χ4n) is 4.24. The highest BCUT2D eigenvalue weighted by Gasteiger charge is 2.12. The van der Waals surface area contributed by atoms with E-state index in [1.54, 1.807) is 12.1 Å². The topological polar surface area (TPSA) is 62.8 Å². The lowest BCUT2D eigenvalue weighted by Gasteiger charge is -2.29. The summed E-state index contributed by atoms with van der Waals surface area (Å²) in [6.07, 6.45) is 0. The zero-order chi connectivity index (χ0) is 25.5. The van der Waals surface area contributed by atoms with Gasteiger partial charge in [0.1, 0.15) is 12.4 Å². The Bertz CT molecular complexity index is 1330. The molecule has 0 spiro atoms. The maximum Gasteiger partial charge on any atom is 0.255 e. The Morgan fingerprint density at radius 1 is 0.865 bits per heavy atom. The highest BCUT2D eigenvalue weighted by molar-refractivity contribution is 6.05. The van der Waals surface area contributed by atoms with Crippen molar-refractivity contribution in [3.05, 3.63) is 114 Å². The predicted octanol–water partition coefficient (Wildman–Crippen LogP) is 6.41. The third-order valence-corrected chi connectivity index (χ3v) is 6.36. The van der Waals surface area contributed by atoms with Gasteiger partial charge in [-0.1, -0.05) is 42.5 Å². The lowest BCUT2D eigenvalue weighted by atomic mass is 10.1. The van der Waals surface area contributed by atoms with E-state index >= 15 is 0 Å². The number of ether oxygens (including phenoxy) is 2. The van der Waals surface area contributed by atoms with Crippen LogP contribution in [0, 0.1) is 6.92 Å². The molecule has 4 aromatic carbocycles. The molecule has 0 aliphatic carbocycles. The molecule has 0 saturated carbocycles. The van der Waals surface area contributed by atoms with Gasteiger partial charge in [-0.2, -0.15) is 0 Å². The molecule has 0 bridgehead atoms. The second-order valence-electron chi connectivity index (χ2n) is 9.06. The molecule has 6 nitrogen and oxygen atoms in total. The van der Waals surface area contributed by atoms with Crippen molar-refractivity contribution in [3.63, 3.8) is 0 Å². The van der Waals surface area contributed by atoms with E-state index in [2.05, 4.69) is 33.7 Å². The molecule has 1 heterocycles. The molecule has 1 fully saturated rings. The van der Waals surface area contributed by atoms with Crippen LogP contribution in [0.15, 0.2) is 97.1 Å². The first-order valence-electron chi connectivity index (χ1n) is 12.5. The first-order valence-corrected chi connectivity index (χ1v) is 12.5. The number of hydrogen-bond donors (Lipinski definition) is 2. The first-order chi connectivity index (χ1) is 18.1. The molecular formula is C31H31N3O3. The number of morpholine rings is 1. The molecule has 0 unspecified atom stereocenters. The molecule has 188 valence electrons. The molecule has 4 aromatic rings. The van der Waals surface area contributed by atoms with E-state index in [0.717, 1.165) is 60.2 Å². The van der Waals surface area contributed by atoms with Crippen molar-refractivity contribution in [2.45, 2.75) is 13.5 Å². The molecule has 0 aromatic heterocycles. The largest absolute Gasteiger partial charge is 0.489 e. The summed E-state index contributed by atoms with van der Waals surface area (Å²) in [4.78, 5) is 15.3. The number of nitrogens with one attached hydrogen (secondary N) is 2. The number of carbonyl (C=O) groups excluding carboxylic acids is 1. The third-order valence-electron chi connectivity index (χ3n) is 6.36. The van der Waals surface area contributed by atoms with E-state index in [1.165, 1.54) is 5.69 Å².